The Morgan fingerprint density at radius 1 is 0.818 bits per heavy atom. The van der Waals surface area contributed by atoms with Crippen molar-refractivity contribution in [3.8, 4) is 11.5 Å². The van der Waals surface area contributed by atoms with Gasteiger partial charge in [0, 0.05) is 26.2 Å². The number of rotatable bonds is 9. The SMILES string of the molecule is COCCc1ccc(OC)c(OC)c1.c1ccc(CO[C@H]2CCN(C3CCCCC3)C2)cc1. The molecular weight excluding hydrogens is 414 g/mol. The molecule has 0 bridgehead atoms. The van der Waals surface area contributed by atoms with E-state index in [1.54, 1.807) is 21.3 Å². The first-order valence-electron chi connectivity index (χ1n) is 12.3. The lowest BCUT2D eigenvalue weighted by Gasteiger charge is -2.30. The second-order valence-electron chi connectivity index (χ2n) is 8.93. The molecular formula is C28H41NO4. The van der Waals surface area contributed by atoms with Gasteiger partial charge in [-0.1, -0.05) is 55.7 Å². The van der Waals surface area contributed by atoms with Crippen LogP contribution in [0.3, 0.4) is 0 Å². The first kappa shape index (κ1) is 25.5. The van der Waals surface area contributed by atoms with E-state index in [1.165, 1.54) is 56.2 Å². The van der Waals surface area contributed by atoms with Crippen molar-refractivity contribution in [1.29, 1.82) is 0 Å². The molecule has 0 unspecified atom stereocenters. The molecule has 0 amide bonds. The van der Waals surface area contributed by atoms with Crippen molar-refractivity contribution < 1.29 is 18.9 Å². The van der Waals surface area contributed by atoms with Crippen LogP contribution in [0.15, 0.2) is 48.5 Å². The third-order valence-corrected chi connectivity index (χ3v) is 6.64. The molecule has 1 saturated heterocycles. The quantitative estimate of drug-likeness (QED) is 0.499. The van der Waals surface area contributed by atoms with Crippen LogP contribution in [0.4, 0.5) is 0 Å². The summed E-state index contributed by atoms with van der Waals surface area (Å²) in [7, 11) is 4.96. The number of benzene rings is 2. The van der Waals surface area contributed by atoms with Crippen LogP contribution in [0, 0.1) is 0 Å². The van der Waals surface area contributed by atoms with Gasteiger partial charge in [-0.2, -0.15) is 0 Å². The molecule has 0 spiro atoms. The van der Waals surface area contributed by atoms with E-state index in [1.807, 2.05) is 18.2 Å². The van der Waals surface area contributed by atoms with E-state index in [9.17, 15) is 0 Å². The molecule has 5 heteroatoms. The van der Waals surface area contributed by atoms with Gasteiger partial charge < -0.3 is 18.9 Å². The number of methoxy groups -OCH3 is 3. The summed E-state index contributed by atoms with van der Waals surface area (Å²) < 4.78 is 21.4. The zero-order valence-electron chi connectivity index (χ0n) is 20.6. The van der Waals surface area contributed by atoms with Crippen LogP contribution >= 0.6 is 0 Å². The van der Waals surface area contributed by atoms with Crippen molar-refractivity contribution in [1.82, 2.24) is 4.90 Å². The Labute approximate surface area is 200 Å². The first-order chi connectivity index (χ1) is 16.2. The van der Waals surface area contributed by atoms with Gasteiger partial charge in [-0.15, -0.1) is 0 Å². The van der Waals surface area contributed by atoms with Gasteiger partial charge in [-0.05, 0) is 48.9 Å². The summed E-state index contributed by atoms with van der Waals surface area (Å²) >= 11 is 0. The minimum Gasteiger partial charge on any atom is -0.493 e. The van der Waals surface area contributed by atoms with E-state index in [4.69, 9.17) is 18.9 Å². The molecule has 33 heavy (non-hydrogen) atoms. The summed E-state index contributed by atoms with van der Waals surface area (Å²) in [6.45, 7) is 3.88. The standard InChI is InChI=1S/C17H25NO.C11H16O3/c1-3-7-15(8-4-1)14-19-17-11-12-18(13-17)16-9-5-2-6-10-16;1-12-7-6-9-4-5-10(13-2)11(8-9)14-3/h1,3-4,7-8,16-17H,2,5-6,9-14H2;4-5,8H,6-7H2,1-3H3/t17-;/m0./s1. The molecule has 1 saturated carbocycles. The van der Waals surface area contributed by atoms with Gasteiger partial charge >= 0.3 is 0 Å². The molecule has 182 valence electrons. The molecule has 0 aromatic heterocycles. The molecule has 2 aliphatic rings. The second-order valence-corrected chi connectivity index (χ2v) is 8.93. The molecule has 2 aromatic carbocycles. The van der Waals surface area contributed by atoms with Crippen molar-refractivity contribution in [2.75, 3.05) is 41.0 Å². The van der Waals surface area contributed by atoms with Crippen molar-refractivity contribution in [3.05, 3.63) is 59.7 Å². The van der Waals surface area contributed by atoms with Crippen molar-refractivity contribution in [2.24, 2.45) is 0 Å². The van der Waals surface area contributed by atoms with Crippen LogP contribution in [0.25, 0.3) is 0 Å². The number of likely N-dealkylation sites (tertiary alicyclic amines) is 1. The highest BCUT2D eigenvalue weighted by atomic mass is 16.5. The summed E-state index contributed by atoms with van der Waals surface area (Å²) in [5.41, 5.74) is 2.48. The van der Waals surface area contributed by atoms with Crippen LogP contribution in [0.2, 0.25) is 0 Å². The normalized spacial score (nSPS) is 19.1. The van der Waals surface area contributed by atoms with E-state index in [0.717, 1.165) is 43.7 Å². The van der Waals surface area contributed by atoms with Gasteiger partial charge in [0.25, 0.3) is 0 Å². The van der Waals surface area contributed by atoms with E-state index in [0.29, 0.717) is 6.10 Å². The molecule has 0 N–H and O–H groups in total. The lowest BCUT2D eigenvalue weighted by Crippen LogP contribution is -2.35. The summed E-state index contributed by atoms with van der Waals surface area (Å²) in [5, 5.41) is 0. The monoisotopic (exact) mass is 455 g/mol. The number of nitrogens with zero attached hydrogens (tertiary/aromatic N) is 1. The Morgan fingerprint density at radius 2 is 1.58 bits per heavy atom. The highest BCUT2D eigenvalue weighted by Crippen LogP contribution is 2.28. The zero-order chi connectivity index (χ0) is 23.3. The summed E-state index contributed by atoms with van der Waals surface area (Å²) in [6.07, 6.45) is 9.66. The van der Waals surface area contributed by atoms with Crippen LogP contribution in [0.1, 0.15) is 49.7 Å². The highest BCUT2D eigenvalue weighted by Gasteiger charge is 2.29. The zero-order valence-corrected chi connectivity index (χ0v) is 20.6. The third kappa shape index (κ3) is 8.33. The Bertz CT molecular complexity index is 792. The highest BCUT2D eigenvalue weighted by molar-refractivity contribution is 5.42. The lowest BCUT2D eigenvalue weighted by molar-refractivity contribution is 0.0411. The van der Waals surface area contributed by atoms with Gasteiger partial charge in [0.15, 0.2) is 11.5 Å². The molecule has 2 aromatic rings. The number of hydrogen-bond donors (Lipinski definition) is 0. The summed E-state index contributed by atoms with van der Waals surface area (Å²) in [6, 6.07) is 17.3. The van der Waals surface area contributed by atoms with Crippen LogP contribution < -0.4 is 9.47 Å². The minimum atomic E-state index is 0.446. The van der Waals surface area contributed by atoms with E-state index >= 15 is 0 Å². The van der Waals surface area contributed by atoms with Crippen molar-refractivity contribution in [3.63, 3.8) is 0 Å². The average molecular weight is 456 g/mol. The van der Waals surface area contributed by atoms with Gasteiger partial charge in [-0.25, -0.2) is 0 Å². The predicted octanol–water partition coefficient (Wildman–Crippen LogP) is 5.50. The van der Waals surface area contributed by atoms with E-state index in [2.05, 4.69) is 35.2 Å². The fraction of sp³-hybridized carbons (Fsp3) is 0.571. The molecule has 4 rings (SSSR count). The summed E-state index contributed by atoms with van der Waals surface area (Å²) in [4.78, 5) is 2.68. The smallest absolute Gasteiger partial charge is 0.160 e. The van der Waals surface area contributed by atoms with E-state index < -0.39 is 0 Å². The molecule has 5 nitrogen and oxygen atoms in total. The second kappa shape index (κ2) is 14.2. The largest absolute Gasteiger partial charge is 0.493 e. The molecule has 1 atom stereocenters. The Hall–Kier alpha value is -2.08. The average Bonchev–Trinajstić information content (AvgIpc) is 3.37. The van der Waals surface area contributed by atoms with Crippen molar-refractivity contribution >= 4 is 0 Å². The van der Waals surface area contributed by atoms with Gasteiger partial charge in [0.05, 0.1) is 33.5 Å². The van der Waals surface area contributed by atoms with Gasteiger partial charge in [0.2, 0.25) is 0 Å². The number of ether oxygens (including phenoxy) is 4. The Balaban J connectivity index is 0.000000196. The maximum atomic E-state index is 6.07. The van der Waals surface area contributed by atoms with Crippen molar-refractivity contribution in [2.45, 2.75) is 63.7 Å². The molecule has 1 aliphatic carbocycles. The molecule has 2 fully saturated rings. The fourth-order valence-electron chi connectivity index (χ4n) is 4.71. The topological polar surface area (TPSA) is 40.2 Å². The molecule has 1 aliphatic heterocycles. The summed E-state index contributed by atoms with van der Waals surface area (Å²) in [5.74, 6) is 1.52. The Kier molecular flexibility index (Phi) is 11.0. The van der Waals surface area contributed by atoms with E-state index in [-0.39, 0.29) is 0 Å². The Morgan fingerprint density at radius 3 is 2.27 bits per heavy atom. The third-order valence-electron chi connectivity index (χ3n) is 6.64. The predicted molar refractivity (Wildman–Crippen MR) is 133 cm³/mol. The fourth-order valence-corrected chi connectivity index (χ4v) is 4.71. The van der Waals surface area contributed by atoms with Gasteiger partial charge in [-0.3, -0.25) is 4.90 Å². The van der Waals surface area contributed by atoms with Crippen LogP contribution in [0.5, 0.6) is 11.5 Å². The maximum absolute atomic E-state index is 6.07. The molecule has 0 radical (unpaired) electrons. The lowest BCUT2D eigenvalue weighted by atomic mass is 9.94. The minimum absolute atomic E-state index is 0.446. The number of hydrogen-bond acceptors (Lipinski definition) is 5. The van der Waals surface area contributed by atoms with Gasteiger partial charge in [0.1, 0.15) is 0 Å². The maximum Gasteiger partial charge on any atom is 0.160 e. The first-order valence-corrected chi connectivity index (χ1v) is 12.3. The van der Waals surface area contributed by atoms with Crippen LogP contribution in [-0.2, 0) is 22.5 Å². The molecule has 1 heterocycles. The van der Waals surface area contributed by atoms with Crippen LogP contribution in [-0.4, -0.2) is 58.1 Å².